The summed E-state index contributed by atoms with van der Waals surface area (Å²) in [6, 6.07) is 8.15. The van der Waals surface area contributed by atoms with Gasteiger partial charge in [-0.25, -0.2) is 4.79 Å². The van der Waals surface area contributed by atoms with Crippen molar-refractivity contribution in [2.75, 3.05) is 6.54 Å². The summed E-state index contributed by atoms with van der Waals surface area (Å²) >= 11 is 0. The van der Waals surface area contributed by atoms with Crippen LogP contribution in [0.3, 0.4) is 0 Å². The number of hydrogen-bond acceptors (Lipinski definition) is 2. The number of benzene rings is 1. The number of aromatic nitrogens is 2. The summed E-state index contributed by atoms with van der Waals surface area (Å²) < 4.78 is 1.97. The van der Waals surface area contributed by atoms with Gasteiger partial charge in [0.25, 0.3) is 0 Å². The predicted molar refractivity (Wildman–Crippen MR) is 96.9 cm³/mol. The minimum Gasteiger partial charge on any atom is -0.334 e. The molecule has 5 nitrogen and oxygen atoms in total. The predicted octanol–water partition coefficient (Wildman–Crippen LogP) is 3.56. The normalized spacial score (nSPS) is 10.7. The van der Waals surface area contributed by atoms with Crippen molar-refractivity contribution in [2.24, 2.45) is 0 Å². The fourth-order valence-corrected chi connectivity index (χ4v) is 2.89. The molecule has 1 aromatic heterocycles. The first kappa shape index (κ1) is 18.0. The highest BCUT2D eigenvalue weighted by atomic mass is 16.2. The van der Waals surface area contributed by atoms with Crippen LogP contribution in [-0.2, 0) is 19.6 Å². The number of hydrogen-bond donors (Lipinski definition) is 1. The molecule has 0 saturated carbocycles. The minimum absolute atomic E-state index is 0.0381. The SMILES string of the molecule is CCN(Cc1ccccc1C)C(=O)NCc1c(C)nn(CC)c1C. The lowest BCUT2D eigenvalue weighted by Crippen LogP contribution is -2.39. The van der Waals surface area contributed by atoms with Gasteiger partial charge < -0.3 is 10.2 Å². The highest BCUT2D eigenvalue weighted by molar-refractivity contribution is 5.74. The van der Waals surface area contributed by atoms with Crippen LogP contribution in [0.25, 0.3) is 0 Å². The van der Waals surface area contributed by atoms with Crippen molar-refractivity contribution in [3.8, 4) is 0 Å². The van der Waals surface area contributed by atoms with Gasteiger partial charge in [0.2, 0.25) is 0 Å². The number of carbonyl (C=O) groups excluding carboxylic acids is 1. The molecule has 130 valence electrons. The van der Waals surface area contributed by atoms with Gasteiger partial charge in [-0.15, -0.1) is 0 Å². The van der Waals surface area contributed by atoms with E-state index in [4.69, 9.17) is 0 Å². The third-order valence-corrected chi connectivity index (χ3v) is 4.54. The molecule has 2 aromatic rings. The number of nitrogens with one attached hydrogen (secondary N) is 1. The first-order chi connectivity index (χ1) is 11.5. The maximum atomic E-state index is 12.5. The topological polar surface area (TPSA) is 50.2 Å². The fourth-order valence-electron chi connectivity index (χ4n) is 2.89. The van der Waals surface area contributed by atoms with Gasteiger partial charge in [-0.2, -0.15) is 5.10 Å². The number of carbonyl (C=O) groups is 1. The first-order valence-corrected chi connectivity index (χ1v) is 8.58. The van der Waals surface area contributed by atoms with Gasteiger partial charge >= 0.3 is 6.03 Å². The van der Waals surface area contributed by atoms with E-state index < -0.39 is 0 Å². The van der Waals surface area contributed by atoms with Crippen LogP contribution in [0.15, 0.2) is 24.3 Å². The number of aryl methyl sites for hydroxylation is 3. The quantitative estimate of drug-likeness (QED) is 0.881. The van der Waals surface area contributed by atoms with Gasteiger partial charge in [0.05, 0.1) is 5.69 Å². The number of urea groups is 1. The van der Waals surface area contributed by atoms with Gasteiger partial charge in [-0.1, -0.05) is 24.3 Å². The molecule has 0 saturated heterocycles. The zero-order valence-electron chi connectivity index (χ0n) is 15.4. The van der Waals surface area contributed by atoms with Crippen molar-refractivity contribution >= 4 is 6.03 Å². The van der Waals surface area contributed by atoms with Crippen LogP contribution in [0.1, 0.15) is 41.9 Å². The maximum Gasteiger partial charge on any atom is 0.317 e. The summed E-state index contributed by atoms with van der Waals surface area (Å²) in [6.07, 6.45) is 0. The van der Waals surface area contributed by atoms with E-state index in [1.165, 1.54) is 11.1 Å². The Balaban J connectivity index is 2.02. The van der Waals surface area contributed by atoms with E-state index in [2.05, 4.69) is 43.3 Å². The lowest BCUT2D eigenvalue weighted by atomic mass is 10.1. The molecule has 1 aromatic carbocycles. The van der Waals surface area contributed by atoms with Crippen LogP contribution < -0.4 is 5.32 Å². The van der Waals surface area contributed by atoms with E-state index in [9.17, 15) is 4.79 Å². The molecule has 0 fully saturated rings. The number of amides is 2. The molecule has 2 amide bonds. The van der Waals surface area contributed by atoms with Crippen LogP contribution in [0.5, 0.6) is 0 Å². The van der Waals surface area contributed by atoms with Gasteiger partial charge in [0.15, 0.2) is 0 Å². The molecule has 0 spiro atoms. The summed E-state index contributed by atoms with van der Waals surface area (Å²) in [5.74, 6) is 0. The number of nitrogens with zero attached hydrogens (tertiary/aromatic N) is 3. The zero-order chi connectivity index (χ0) is 17.7. The fraction of sp³-hybridized carbons (Fsp3) is 0.474. The molecule has 0 aliphatic carbocycles. The second kappa shape index (κ2) is 7.99. The third-order valence-electron chi connectivity index (χ3n) is 4.54. The van der Waals surface area contributed by atoms with Crippen molar-refractivity contribution in [1.82, 2.24) is 20.0 Å². The molecule has 0 atom stereocenters. The Kier molecular flexibility index (Phi) is 6.01. The summed E-state index contributed by atoms with van der Waals surface area (Å²) in [4.78, 5) is 14.4. The lowest BCUT2D eigenvalue weighted by Gasteiger charge is -2.22. The van der Waals surface area contributed by atoms with Gasteiger partial charge in [-0.3, -0.25) is 4.68 Å². The highest BCUT2D eigenvalue weighted by Gasteiger charge is 2.15. The van der Waals surface area contributed by atoms with Crippen LogP contribution in [0, 0.1) is 20.8 Å². The molecule has 2 rings (SSSR count). The van der Waals surface area contributed by atoms with Gasteiger partial charge in [0.1, 0.15) is 0 Å². The summed E-state index contributed by atoms with van der Waals surface area (Å²) in [5, 5.41) is 7.55. The van der Waals surface area contributed by atoms with E-state index >= 15 is 0 Å². The van der Waals surface area contributed by atoms with Crippen molar-refractivity contribution in [3.05, 3.63) is 52.3 Å². The smallest absolute Gasteiger partial charge is 0.317 e. The van der Waals surface area contributed by atoms with E-state index in [1.54, 1.807) is 0 Å². The average molecular weight is 328 g/mol. The van der Waals surface area contributed by atoms with E-state index in [1.807, 2.05) is 35.6 Å². The lowest BCUT2D eigenvalue weighted by molar-refractivity contribution is 0.197. The Bertz CT molecular complexity index is 705. The first-order valence-electron chi connectivity index (χ1n) is 8.58. The summed E-state index contributed by atoms with van der Waals surface area (Å²) in [5.41, 5.74) is 5.60. The molecule has 5 heteroatoms. The molecule has 0 aliphatic heterocycles. The zero-order valence-corrected chi connectivity index (χ0v) is 15.4. The second-order valence-corrected chi connectivity index (χ2v) is 6.06. The van der Waals surface area contributed by atoms with Crippen molar-refractivity contribution in [2.45, 2.75) is 54.3 Å². The van der Waals surface area contributed by atoms with Gasteiger partial charge in [-0.05, 0) is 45.7 Å². The number of rotatable bonds is 6. The Morgan fingerprint density at radius 2 is 1.92 bits per heavy atom. The summed E-state index contributed by atoms with van der Waals surface area (Å²) in [6.45, 7) is 12.9. The largest absolute Gasteiger partial charge is 0.334 e. The second-order valence-electron chi connectivity index (χ2n) is 6.06. The van der Waals surface area contributed by atoms with E-state index in [0.717, 1.165) is 23.5 Å². The Morgan fingerprint density at radius 1 is 1.21 bits per heavy atom. The van der Waals surface area contributed by atoms with E-state index in [-0.39, 0.29) is 6.03 Å². The molecule has 1 heterocycles. The standard InChI is InChI=1S/C19H28N4O/c1-6-22(13-17-11-9-8-10-14(17)3)19(24)20-12-18-15(4)21-23(7-2)16(18)5/h8-11H,6-7,12-13H2,1-5H3,(H,20,24). The molecule has 1 N–H and O–H groups in total. The Labute approximate surface area is 144 Å². The van der Waals surface area contributed by atoms with Crippen molar-refractivity contribution < 1.29 is 4.79 Å². The minimum atomic E-state index is -0.0381. The van der Waals surface area contributed by atoms with Crippen LogP contribution in [-0.4, -0.2) is 27.3 Å². The highest BCUT2D eigenvalue weighted by Crippen LogP contribution is 2.14. The molecule has 0 radical (unpaired) electrons. The molecule has 0 bridgehead atoms. The monoisotopic (exact) mass is 328 g/mol. The maximum absolute atomic E-state index is 12.5. The molecule has 0 aliphatic rings. The molecule has 24 heavy (non-hydrogen) atoms. The van der Waals surface area contributed by atoms with E-state index in [0.29, 0.717) is 19.6 Å². The Hall–Kier alpha value is -2.30. The van der Waals surface area contributed by atoms with Crippen LogP contribution in [0.4, 0.5) is 4.79 Å². The summed E-state index contributed by atoms with van der Waals surface area (Å²) in [7, 11) is 0. The van der Waals surface area contributed by atoms with Crippen molar-refractivity contribution in [3.63, 3.8) is 0 Å². The van der Waals surface area contributed by atoms with Crippen molar-refractivity contribution in [1.29, 1.82) is 0 Å². The molecular formula is C19H28N4O. The Morgan fingerprint density at radius 3 is 2.50 bits per heavy atom. The molecule has 0 unspecified atom stereocenters. The van der Waals surface area contributed by atoms with Gasteiger partial charge in [0, 0.05) is 37.4 Å². The van der Waals surface area contributed by atoms with Crippen LogP contribution >= 0.6 is 0 Å². The molecular weight excluding hydrogens is 300 g/mol. The average Bonchev–Trinajstić information content (AvgIpc) is 2.85. The third kappa shape index (κ3) is 3.96. The van der Waals surface area contributed by atoms with Crippen LogP contribution in [0.2, 0.25) is 0 Å².